The van der Waals surface area contributed by atoms with Crippen LogP contribution in [-0.4, -0.2) is 20.7 Å². The monoisotopic (exact) mass is 288 g/mol. The molecule has 0 atom stereocenters. The highest BCUT2D eigenvalue weighted by molar-refractivity contribution is 5.67. The number of rotatable bonds is 4. The molecule has 112 valence electrons. The second-order valence-corrected chi connectivity index (χ2v) is 5.15. The Morgan fingerprint density at radius 3 is 2.67 bits per heavy atom. The van der Waals surface area contributed by atoms with Crippen LogP contribution in [0.5, 0.6) is 5.75 Å². The molecule has 0 saturated carbocycles. The quantitative estimate of drug-likeness (QED) is 0.749. The molecule has 6 heteroatoms. The topological polar surface area (TPSA) is 93.2 Å². The number of aromatic nitrogens is 2. The molecule has 0 radical (unpaired) electrons. The summed E-state index contributed by atoms with van der Waals surface area (Å²) in [5.74, 6) is 0.383. The van der Waals surface area contributed by atoms with Crippen molar-refractivity contribution in [3.8, 4) is 17.0 Å². The zero-order valence-corrected chi connectivity index (χ0v) is 12.4. The van der Waals surface area contributed by atoms with Gasteiger partial charge in [-0.3, -0.25) is 4.79 Å². The Hall–Kier alpha value is -2.50. The molecule has 0 unspecified atom stereocenters. The first-order valence-corrected chi connectivity index (χ1v) is 6.88. The Bertz CT molecular complexity index is 687. The van der Waals surface area contributed by atoms with Gasteiger partial charge in [-0.1, -0.05) is 0 Å². The summed E-state index contributed by atoms with van der Waals surface area (Å²) in [7, 11) is 0. The molecule has 0 aliphatic rings. The van der Waals surface area contributed by atoms with Crippen molar-refractivity contribution in [3.05, 3.63) is 34.7 Å². The zero-order chi connectivity index (χ0) is 15.6. The van der Waals surface area contributed by atoms with E-state index in [4.69, 9.17) is 5.73 Å². The number of nitrogens with one attached hydrogen (secondary N) is 1. The minimum atomic E-state index is -0.189. The van der Waals surface area contributed by atoms with Gasteiger partial charge in [0.2, 0.25) is 0 Å². The normalized spacial score (nSPS) is 10.9. The van der Waals surface area contributed by atoms with E-state index in [0.29, 0.717) is 29.3 Å². The summed E-state index contributed by atoms with van der Waals surface area (Å²) >= 11 is 0. The molecule has 1 heterocycles. The molecule has 0 amide bonds. The summed E-state index contributed by atoms with van der Waals surface area (Å²) in [5.41, 5.74) is 7.27. The molecule has 1 aromatic heterocycles. The molecule has 2 aromatic rings. The summed E-state index contributed by atoms with van der Waals surface area (Å²) in [6.45, 7) is 6.28. The van der Waals surface area contributed by atoms with Gasteiger partial charge < -0.3 is 20.7 Å². The van der Waals surface area contributed by atoms with Gasteiger partial charge in [-0.2, -0.15) is 0 Å². The van der Waals surface area contributed by atoms with Crippen molar-refractivity contribution in [2.24, 2.45) is 0 Å². The smallest absolute Gasteiger partial charge is 0.293 e. The molecule has 1 aromatic carbocycles. The van der Waals surface area contributed by atoms with Crippen LogP contribution in [0.25, 0.3) is 11.3 Å². The number of nitrogens with zero attached hydrogens (tertiary/aromatic N) is 2. The lowest BCUT2D eigenvalue weighted by Gasteiger charge is -2.15. The summed E-state index contributed by atoms with van der Waals surface area (Å²) < 4.78 is 1.60. The number of hydrogen-bond acceptors (Lipinski definition) is 5. The average Bonchev–Trinajstić information content (AvgIpc) is 2.39. The van der Waals surface area contributed by atoms with Crippen LogP contribution in [0.1, 0.15) is 20.8 Å². The van der Waals surface area contributed by atoms with Gasteiger partial charge in [0.25, 0.3) is 5.56 Å². The van der Waals surface area contributed by atoms with Crippen molar-refractivity contribution in [2.45, 2.75) is 33.4 Å². The zero-order valence-electron chi connectivity index (χ0n) is 12.4. The standard InChI is InChI=1S/C15H20N4O2/c1-4-19-13(10-5-11(16)7-12(20)6-10)8-17-14(15(19)21)18-9(2)3/h5-9,20H,4,16H2,1-3H3,(H,17,18). The van der Waals surface area contributed by atoms with E-state index in [1.807, 2.05) is 20.8 Å². The molecular formula is C15H20N4O2. The van der Waals surface area contributed by atoms with Crippen LogP contribution in [0.4, 0.5) is 11.5 Å². The molecule has 21 heavy (non-hydrogen) atoms. The van der Waals surface area contributed by atoms with Crippen molar-refractivity contribution in [1.82, 2.24) is 9.55 Å². The number of nitrogen functional groups attached to an aromatic ring is 1. The van der Waals surface area contributed by atoms with Gasteiger partial charge in [0, 0.05) is 29.9 Å². The minimum absolute atomic E-state index is 0.0597. The van der Waals surface area contributed by atoms with Gasteiger partial charge in [-0.15, -0.1) is 0 Å². The molecule has 0 aliphatic heterocycles. The van der Waals surface area contributed by atoms with Gasteiger partial charge in [0.1, 0.15) is 5.75 Å². The van der Waals surface area contributed by atoms with Crippen LogP contribution in [-0.2, 0) is 6.54 Å². The Labute approximate surface area is 123 Å². The fourth-order valence-electron chi connectivity index (χ4n) is 2.19. The van der Waals surface area contributed by atoms with Crippen molar-refractivity contribution in [3.63, 3.8) is 0 Å². The summed E-state index contributed by atoms with van der Waals surface area (Å²) in [6.07, 6.45) is 1.61. The highest BCUT2D eigenvalue weighted by Gasteiger charge is 2.12. The lowest BCUT2D eigenvalue weighted by Crippen LogP contribution is -2.27. The van der Waals surface area contributed by atoms with Crippen LogP contribution in [0.15, 0.2) is 29.2 Å². The van der Waals surface area contributed by atoms with Crippen molar-refractivity contribution >= 4 is 11.5 Å². The Kier molecular flexibility index (Phi) is 4.16. The predicted molar refractivity (Wildman–Crippen MR) is 84.4 cm³/mol. The summed E-state index contributed by atoms with van der Waals surface area (Å²) in [5, 5.41) is 12.7. The lowest BCUT2D eigenvalue weighted by molar-refractivity contribution is 0.476. The van der Waals surface area contributed by atoms with Crippen LogP contribution < -0.4 is 16.6 Å². The van der Waals surface area contributed by atoms with E-state index in [9.17, 15) is 9.90 Å². The van der Waals surface area contributed by atoms with Crippen molar-refractivity contribution in [2.75, 3.05) is 11.1 Å². The highest BCUT2D eigenvalue weighted by atomic mass is 16.3. The predicted octanol–water partition coefficient (Wildman–Crippen LogP) is 2.04. The maximum absolute atomic E-state index is 12.4. The molecule has 6 nitrogen and oxygen atoms in total. The second-order valence-electron chi connectivity index (χ2n) is 5.15. The maximum Gasteiger partial charge on any atom is 0.293 e. The second kappa shape index (κ2) is 5.87. The first-order chi connectivity index (χ1) is 9.92. The van der Waals surface area contributed by atoms with Gasteiger partial charge in [-0.05, 0) is 32.9 Å². The van der Waals surface area contributed by atoms with Crippen LogP contribution in [0.3, 0.4) is 0 Å². The molecule has 0 aliphatic carbocycles. The Morgan fingerprint density at radius 1 is 1.38 bits per heavy atom. The maximum atomic E-state index is 12.4. The third kappa shape index (κ3) is 3.16. The van der Waals surface area contributed by atoms with E-state index in [1.165, 1.54) is 6.07 Å². The fraction of sp³-hybridized carbons (Fsp3) is 0.333. The molecule has 4 N–H and O–H groups in total. The van der Waals surface area contributed by atoms with Crippen molar-refractivity contribution < 1.29 is 5.11 Å². The van der Waals surface area contributed by atoms with Crippen LogP contribution >= 0.6 is 0 Å². The first kappa shape index (κ1) is 14.9. The molecule has 0 spiro atoms. The van der Waals surface area contributed by atoms with E-state index >= 15 is 0 Å². The van der Waals surface area contributed by atoms with E-state index < -0.39 is 0 Å². The van der Waals surface area contributed by atoms with Crippen LogP contribution in [0, 0.1) is 0 Å². The third-order valence-electron chi connectivity index (χ3n) is 3.03. The molecule has 2 rings (SSSR count). The highest BCUT2D eigenvalue weighted by Crippen LogP contribution is 2.26. The number of aromatic hydroxyl groups is 1. The van der Waals surface area contributed by atoms with E-state index in [2.05, 4.69) is 10.3 Å². The third-order valence-corrected chi connectivity index (χ3v) is 3.03. The fourth-order valence-corrected chi connectivity index (χ4v) is 2.19. The van der Waals surface area contributed by atoms with Gasteiger partial charge in [-0.25, -0.2) is 4.98 Å². The van der Waals surface area contributed by atoms with E-state index in [1.54, 1.807) is 22.9 Å². The summed E-state index contributed by atoms with van der Waals surface area (Å²) in [4.78, 5) is 16.6. The number of hydrogen-bond donors (Lipinski definition) is 3. The average molecular weight is 288 g/mol. The van der Waals surface area contributed by atoms with Crippen LogP contribution in [0.2, 0.25) is 0 Å². The molecule has 0 saturated heterocycles. The van der Waals surface area contributed by atoms with Gasteiger partial charge in [0.15, 0.2) is 5.82 Å². The van der Waals surface area contributed by atoms with E-state index in [-0.39, 0.29) is 17.4 Å². The summed E-state index contributed by atoms with van der Waals surface area (Å²) in [6, 6.07) is 4.85. The number of phenolic OH excluding ortho intramolecular Hbond substituents is 1. The molecule has 0 fully saturated rings. The SMILES string of the molecule is CCn1c(-c2cc(N)cc(O)c2)cnc(NC(C)C)c1=O. The first-order valence-electron chi connectivity index (χ1n) is 6.88. The van der Waals surface area contributed by atoms with Gasteiger partial charge >= 0.3 is 0 Å². The molecule has 0 bridgehead atoms. The Morgan fingerprint density at radius 2 is 2.10 bits per heavy atom. The number of nitrogens with two attached hydrogens (primary N) is 1. The largest absolute Gasteiger partial charge is 0.508 e. The van der Waals surface area contributed by atoms with Crippen molar-refractivity contribution in [1.29, 1.82) is 0 Å². The number of anilines is 2. The number of benzene rings is 1. The van der Waals surface area contributed by atoms with Gasteiger partial charge in [0.05, 0.1) is 11.9 Å². The minimum Gasteiger partial charge on any atom is -0.508 e. The lowest BCUT2D eigenvalue weighted by atomic mass is 10.1. The number of phenols is 1. The Balaban J connectivity index is 2.59. The molecular weight excluding hydrogens is 268 g/mol. The van der Waals surface area contributed by atoms with E-state index in [0.717, 1.165) is 0 Å².